The van der Waals surface area contributed by atoms with Gasteiger partial charge in [-0.05, 0) is 24.3 Å². The molecule has 3 aromatic rings. The van der Waals surface area contributed by atoms with Crippen molar-refractivity contribution in [1.82, 2.24) is 9.78 Å². The van der Waals surface area contributed by atoms with Gasteiger partial charge in [0, 0.05) is 25.1 Å². The van der Waals surface area contributed by atoms with Crippen LogP contribution in [0.5, 0.6) is 17.4 Å². The molecule has 0 aliphatic rings. The van der Waals surface area contributed by atoms with E-state index in [-0.39, 0.29) is 5.97 Å². The molecule has 0 bridgehead atoms. The van der Waals surface area contributed by atoms with Gasteiger partial charge >= 0.3 is 5.97 Å². The van der Waals surface area contributed by atoms with Gasteiger partial charge in [0.15, 0.2) is 0 Å². The van der Waals surface area contributed by atoms with Crippen molar-refractivity contribution in [1.29, 1.82) is 0 Å². The minimum atomic E-state index is -0.385. The standard InChI is InChI=1S/C18H18N2O4/c1-11(21)24-18-14-7-5-6-13(17(14)19-20(18)2)15-10-12(22-3)8-9-16(15)23-4/h5-10H,1-4H3. The first-order valence-electron chi connectivity index (χ1n) is 7.41. The van der Waals surface area contributed by atoms with Crippen molar-refractivity contribution in [3.63, 3.8) is 0 Å². The lowest BCUT2D eigenvalue weighted by Gasteiger charge is -2.11. The number of aryl methyl sites for hydroxylation is 1. The average Bonchev–Trinajstić information content (AvgIpc) is 2.89. The second kappa shape index (κ2) is 6.23. The van der Waals surface area contributed by atoms with Gasteiger partial charge in [0.05, 0.1) is 19.6 Å². The highest BCUT2D eigenvalue weighted by molar-refractivity contribution is 5.98. The van der Waals surface area contributed by atoms with Gasteiger partial charge in [-0.15, -0.1) is 0 Å². The van der Waals surface area contributed by atoms with Crippen LogP contribution >= 0.6 is 0 Å². The van der Waals surface area contributed by atoms with Crippen LogP contribution in [0, 0.1) is 0 Å². The van der Waals surface area contributed by atoms with E-state index in [1.807, 2.05) is 36.4 Å². The van der Waals surface area contributed by atoms with Crippen LogP contribution in [0.15, 0.2) is 36.4 Å². The largest absolute Gasteiger partial charge is 0.497 e. The SMILES string of the molecule is COc1ccc(OC)c(-c2cccc3c(OC(C)=O)n(C)nc23)c1. The summed E-state index contributed by atoms with van der Waals surface area (Å²) in [6.07, 6.45) is 0. The first-order chi connectivity index (χ1) is 11.5. The van der Waals surface area contributed by atoms with E-state index in [1.54, 1.807) is 25.9 Å². The highest BCUT2D eigenvalue weighted by atomic mass is 16.5. The van der Waals surface area contributed by atoms with Gasteiger partial charge in [-0.1, -0.05) is 12.1 Å². The second-order valence-electron chi connectivity index (χ2n) is 5.29. The number of benzene rings is 2. The Hall–Kier alpha value is -3.02. The number of ether oxygens (including phenoxy) is 3. The summed E-state index contributed by atoms with van der Waals surface area (Å²) in [5.41, 5.74) is 2.45. The van der Waals surface area contributed by atoms with E-state index in [9.17, 15) is 4.79 Å². The molecule has 124 valence electrons. The molecule has 0 N–H and O–H groups in total. The minimum Gasteiger partial charge on any atom is -0.497 e. The molecular weight excluding hydrogens is 308 g/mol. The topological polar surface area (TPSA) is 62.6 Å². The number of carbonyl (C=O) groups is 1. The molecule has 0 aliphatic heterocycles. The van der Waals surface area contributed by atoms with Crippen molar-refractivity contribution >= 4 is 16.9 Å². The maximum absolute atomic E-state index is 11.3. The molecule has 1 heterocycles. The van der Waals surface area contributed by atoms with Crippen molar-refractivity contribution in [2.75, 3.05) is 14.2 Å². The van der Waals surface area contributed by atoms with Crippen molar-refractivity contribution in [3.05, 3.63) is 36.4 Å². The Balaban J connectivity index is 2.26. The first-order valence-corrected chi connectivity index (χ1v) is 7.41. The lowest BCUT2D eigenvalue weighted by atomic mass is 10.0. The minimum absolute atomic E-state index is 0.385. The zero-order valence-corrected chi connectivity index (χ0v) is 14.0. The zero-order valence-electron chi connectivity index (χ0n) is 14.0. The summed E-state index contributed by atoms with van der Waals surface area (Å²) in [6, 6.07) is 11.3. The maximum Gasteiger partial charge on any atom is 0.309 e. The van der Waals surface area contributed by atoms with Crippen LogP contribution in [0.2, 0.25) is 0 Å². The molecule has 6 heteroatoms. The fraction of sp³-hybridized carbons (Fsp3) is 0.222. The van der Waals surface area contributed by atoms with E-state index >= 15 is 0 Å². The smallest absolute Gasteiger partial charge is 0.309 e. The van der Waals surface area contributed by atoms with Gasteiger partial charge in [0.1, 0.15) is 17.0 Å². The van der Waals surface area contributed by atoms with Crippen LogP contribution < -0.4 is 14.2 Å². The number of nitrogens with zero attached hydrogens (tertiary/aromatic N) is 2. The molecule has 0 unspecified atom stereocenters. The predicted octanol–water partition coefficient (Wildman–Crippen LogP) is 3.18. The maximum atomic E-state index is 11.3. The van der Waals surface area contributed by atoms with E-state index in [4.69, 9.17) is 14.2 Å². The molecule has 0 saturated carbocycles. The Morgan fingerprint density at radius 1 is 1.08 bits per heavy atom. The highest BCUT2D eigenvalue weighted by Gasteiger charge is 2.18. The number of methoxy groups -OCH3 is 2. The van der Waals surface area contributed by atoms with Crippen LogP contribution in [-0.4, -0.2) is 30.0 Å². The summed E-state index contributed by atoms with van der Waals surface area (Å²) in [5, 5.41) is 5.28. The third-order valence-corrected chi connectivity index (χ3v) is 3.75. The Kier molecular flexibility index (Phi) is 4.12. The van der Waals surface area contributed by atoms with E-state index in [2.05, 4.69) is 5.10 Å². The molecule has 0 amide bonds. The third-order valence-electron chi connectivity index (χ3n) is 3.75. The molecule has 0 aliphatic carbocycles. The molecule has 3 rings (SSSR count). The molecule has 0 fully saturated rings. The van der Waals surface area contributed by atoms with Crippen molar-refractivity contribution < 1.29 is 19.0 Å². The van der Waals surface area contributed by atoms with Crippen LogP contribution in [0.1, 0.15) is 6.92 Å². The van der Waals surface area contributed by atoms with E-state index in [0.717, 1.165) is 27.8 Å². The Labute approximate surface area is 139 Å². The van der Waals surface area contributed by atoms with Crippen molar-refractivity contribution in [3.8, 4) is 28.5 Å². The number of rotatable bonds is 4. The summed E-state index contributed by atoms with van der Waals surface area (Å²) in [6.45, 7) is 1.37. The fourth-order valence-corrected chi connectivity index (χ4v) is 2.69. The molecular formula is C18H18N2O4. The first kappa shape index (κ1) is 15.9. The predicted molar refractivity (Wildman–Crippen MR) is 90.6 cm³/mol. The van der Waals surface area contributed by atoms with E-state index in [0.29, 0.717) is 11.6 Å². The van der Waals surface area contributed by atoms with Crippen LogP contribution in [0.3, 0.4) is 0 Å². The molecule has 0 radical (unpaired) electrons. The van der Waals surface area contributed by atoms with Crippen LogP contribution in [0.4, 0.5) is 0 Å². The van der Waals surface area contributed by atoms with Crippen LogP contribution in [-0.2, 0) is 11.8 Å². The molecule has 1 aromatic heterocycles. The fourth-order valence-electron chi connectivity index (χ4n) is 2.69. The number of hydrogen-bond acceptors (Lipinski definition) is 5. The molecule has 2 aromatic carbocycles. The van der Waals surface area contributed by atoms with Gasteiger partial charge in [-0.25, -0.2) is 4.68 Å². The molecule has 0 atom stereocenters. The van der Waals surface area contributed by atoms with Gasteiger partial charge in [0.25, 0.3) is 0 Å². The summed E-state index contributed by atoms with van der Waals surface area (Å²) in [7, 11) is 4.98. The Morgan fingerprint density at radius 3 is 2.54 bits per heavy atom. The average molecular weight is 326 g/mol. The summed E-state index contributed by atoms with van der Waals surface area (Å²) in [5.74, 6) is 1.47. The monoisotopic (exact) mass is 326 g/mol. The van der Waals surface area contributed by atoms with Gasteiger partial charge in [-0.3, -0.25) is 4.79 Å². The number of aromatic nitrogens is 2. The van der Waals surface area contributed by atoms with Crippen LogP contribution in [0.25, 0.3) is 22.0 Å². The second-order valence-corrected chi connectivity index (χ2v) is 5.29. The Morgan fingerprint density at radius 2 is 1.88 bits per heavy atom. The van der Waals surface area contributed by atoms with Gasteiger partial charge in [0.2, 0.25) is 5.88 Å². The quantitative estimate of drug-likeness (QED) is 0.689. The van der Waals surface area contributed by atoms with E-state index < -0.39 is 0 Å². The van der Waals surface area contributed by atoms with Gasteiger partial charge < -0.3 is 14.2 Å². The Bertz CT molecular complexity index is 915. The normalized spacial score (nSPS) is 10.7. The highest BCUT2D eigenvalue weighted by Crippen LogP contribution is 2.39. The van der Waals surface area contributed by atoms with Gasteiger partial charge in [-0.2, -0.15) is 5.10 Å². The molecule has 24 heavy (non-hydrogen) atoms. The number of carbonyl (C=O) groups excluding carboxylic acids is 1. The lowest BCUT2D eigenvalue weighted by molar-refractivity contribution is -0.132. The summed E-state index contributed by atoms with van der Waals surface area (Å²) >= 11 is 0. The molecule has 6 nitrogen and oxygen atoms in total. The molecule has 0 spiro atoms. The number of fused-ring (bicyclic) bond motifs is 1. The van der Waals surface area contributed by atoms with Crippen molar-refractivity contribution in [2.24, 2.45) is 7.05 Å². The number of esters is 1. The third kappa shape index (κ3) is 2.67. The van der Waals surface area contributed by atoms with Crippen molar-refractivity contribution in [2.45, 2.75) is 6.92 Å². The summed E-state index contributed by atoms with van der Waals surface area (Å²) in [4.78, 5) is 11.3. The summed E-state index contributed by atoms with van der Waals surface area (Å²) < 4.78 is 17.6. The lowest BCUT2D eigenvalue weighted by Crippen LogP contribution is -2.05. The number of hydrogen-bond donors (Lipinski definition) is 0. The van der Waals surface area contributed by atoms with E-state index in [1.165, 1.54) is 6.92 Å². The zero-order chi connectivity index (χ0) is 17.3. The molecule has 0 saturated heterocycles.